The normalized spacial score (nSPS) is 12.7. The van der Waals surface area contributed by atoms with Crippen LogP contribution in [-0.2, 0) is 15.4 Å². The molecule has 20 heavy (non-hydrogen) atoms. The van der Waals surface area contributed by atoms with Crippen molar-refractivity contribution in [3.8, 4) is 0 Å². The van der Waals surface area contributed by atoms with Crippen molar-refractivity contribution in [1.82, 2.24) is 10.2 Å². The number of rotatable bonds is 3. The van der Waals surface area contributed by atoms with Gasteiger partial charge in [0.25, 0.3) is 10.0 Å². The Morgan fingerprint density at radius 2 is 1.95 bits per heavy atom. The predicted molar refractivity (Wildman–Crippen MR) is 87.8 cm³/mol. The van der Waals surface area contributed by atoms with Crippen LogP contribution < -0.4 is 4.72 Å². The molecule has 0 unspecified atom stereocenters. The molecule has 0 aliphatic rings. The van der Waals surface area contributed by atoms with Gasteiger partial charge in [0.2, 0.25) is 0 Å². The van der Waals surface area contributed by atoms with Crippen molar-refractivity contribution in [2.45, 2.75) is 30.4 Å². The molecule has 5 nitrogen and oxygen atoms in total. The average Bonchev–Trinajstić information content (AvgIpc) is 2.86. The summed E-state index contributed by atoms with van der Waals surface area (Å²) in [6.07, 6.45) is 0. The number of hydrogen-bond acceptors (Lipinski definition) is 4. The fraction of sp³-hybridized carbons (Fsp3) is 0.364. The lowest BCUT2D eigenvalue weighted by Gasteiger charge is -2.14. The van der Waals surface area contributed by atoms with E-state index in [9.17, 15) is 8.42 Å². The Hall–Kier alpha value is -0.380. The topological polar surface area (TPSA) is 74.8 Å². The van der Waals surface area contributed by atoms with Gasteiger partial charge < -0.3 is 0 Å². The highest BCUT2D eigenvalue weighted by atomic mass is 79.9. The lowest BCUT2D eigenvalue weighted by Crippen LogP contribution is -2.12. The maximum atomic E-state index is 12.2. The third-order valence-electron chi connectivity index (χ3n) is 2.51. The maximum absolute atomic E-state index is 12.2. The molecule has 110 valence electrons. The van der Waals surface area contributed by atoms with Gasteiger partial charge in [0.1, 0.15) is 4.21 Å². The van der Waals surface area contributed by atoms with Crippen molar-refractivity contribution in [2.24, 2.45) is 0 Å². The molecular weight excluding hydrogens is 430 g/mol. The highest BCUT2D eigenvalue weighted by Gasteiger charge is 2.22. The Balaban J connectivity index is 2.27. The highest BCUT2D eigenvalue weighted by molar-refractivity contribution is 9.13. The third-order valence-corrected chi connectivity index (χ3v) is 7.60. The fourth-order valence-electron chi connectivity index (χ4n) is 1.41. The van der Waals surface area contributed by atoms with Crippen LogP contribution in [0.3, 0.4) is 0 Å². The van der Waals surface area contributed by atoms with E-state index in [0.29, 0.717) is 4.47 Å². The number of aromatic amines is 1. The first-order valence-corrected chi connectivity index (χ1v) is 9.52. The summed E-state index contributed by atoms with van der Waals surface area (Å²) < 4.78 is 28.6. The van der Waals surface area contributed by atoms with Gasteiger partial charge in [-0.05, 0) is 37.9 Å². The van der Waals surface area contributed by atoms with E-state index in [1.807, 2.05) is 20.8 Å². The molecule has 0 aromatic carbocycles. The van der Waals surface area contributed by atoms with Gasteiger partial charge in [-0.2, -0.15) is 5.10 Å². The van der Waals surface area contributed by atoms with Gasteiger partial charge in [0.05, 0.1) is 3.79 Å². The number of hydrogen-bond donors (Lipinski definition) is 2. The van der Waals surface area contributed by atoms with Crippen molar-refractivity contribution < 1.29 is 8.42 Å². The lowest BCUT2D eigenvalue weighted by molar-refractivity contribution is 0.567. The molecule has 0 spiro atoms. The Bertz CT molecular complexity index is 710. The van der Waals surface area contributed by atoms with E-state index >= 15 is 0 Å². The number of aromatic nitrogens is 2. The summed E-state index contributed by atoms with van der Waals surface area (Å²) in [6.45, 7) is 6.06. The fourth-order valence-corrected chi connectivity index (χ4v) is 5.22. The molecule has 0 aliphatic carbocycles. The minimum Gasteiger partial charge on any atom is -0.280 e. The summed E-state index contributed by atoms with van der Waals surface area (Å²) in [5.41, 5.74) is 0.745. The zero-order chi connectivity index (χ0) is 15.1. The van der Waals surface area contributed by atoms with Crippen LogP contribution in [0.1, 0.15) is 26.5 Å². The van der Waals surface area contributed by atoms with Gasteiger partial charge in [-0.3, -0.25) is 9.82 Å². The van der Waals surface area contributed by atoms with Crippen LogP contribution in [0.15, 0.2) is 24.6 Å². The molecule has 0 bridgehead atoms. The summed E-state index contributed by atoms with van der Waals surface area (Å²) in [6, 6.07) is 3.25. The van der Waals surface area contributed by atoms with Crippen molar-refractivity contribution in [3.63, 3.8) is 0 Å². The zero-order valence-corrected chi connectivity index (χ0v) is 15.8. The highest BCUT2D eigenvalue weighted by Crippen LogP contribution is 2.35. The van der Waals surface area contributed by atoms with Gasteiger partial charge in [-0.1, -0.05) is 20.8 Å². The van der Waals surface area contributed by atoms with Crippen molar-refractivity contribution in [3.05, 3.63) is 26.1 Å². The quantitative estimate of drug-likeness (QED) is 0.751. The second-order valence-electron chi connectivity index (χ2n) is 5.21. The van der Waals surface area contributed by atoms with Gasteiger partial charge in [-0.25, -0.2) is 8.42 Å². The number of halogens is 2. The van der Waals surface area contributed by atoms with E-state index < -0.39 is 10.0 Å². The van der Waals surface area contributed by atoms with Crippen molar-refractivity contribution >= 4 is 59.0 Å². The Morgan fingerprint density at radius 3 is 2.40 bits per heavy atom. The third kappa shape index (κ3) is 3.44. The minimum atomic E-state index is -3.62. The monoisotopic (exact) mass is 441 g/mol. The summed E-state index contributed by atoms with van der Waals surface area (Å²) in [7, 11) is -3.62. The summed E-state index contributed by atoms with van der Waals surface area (Å²) in [5.74, 6) is 0.288. The Morgan fingerprint density at radius 1 is 1.30 bits per heavy atom. The van der Waals surface area contributed by atoms with E-state index in [-0.39, 0.29) is 15.4 Å². The van der Waals surface area contributed by atoms with Crippen LogP contribution in [0.5, 0.6) is 0 Å². The van der Waals surface area contributed by atoms with Gasteiger partial charge in [-0.15, -0.1) is 11.3 Å². The van der Waals surface area contributed by atoms with E-state index in [0.717, 1.165) is 20.8 Å². The molecule has 2 aromatic heterocycles. The molecule has 2 rings (SSSR count). The first-order chi connectivity index (χ1) is 9.09. The number of sulfonamides is 1. The van der Waals surface area contributed by atoms with Gasteiger partial charge >= 0.3 is 0 Å². The Kier molecular flexibility index (Phi) is 4.35. The lowest BCUT2D eigenvalue weighted by atomic mass is 9.92. The zero-order valence-electron chi connectivity index (χ0n) is 11.0. The standard InChI is InChI=1S/C11H13Br2N3O2S2/c1-11(2,3)7-5-8(15-14-7)16-20(17,18)9-4-6(12)10(13)19-9/h4-5H,1-3H3,(H2,14,15,16). The van der Waals surface area contributed by atoms with Crippen LogP contribution in [0, 0.1) is 0 Å². The van der Waals surface area contributed by atoms with Crippen molar-refractivity contribution in [1.29, 1.82) is 0 Å². The second-order valence-corrected chi connectivity index (χ2v) is 10.3. The van der Waals surface area contributed by atoms with Crippen LogP contribution in [0.4, 0.5) is 5.82 Å². The number of H-pyrrole nitrogens is 1. The SMILES string of the molecule is CC(C)(C)c1cc(NS(=O)(=O)c2cc(Br)c(Br)s2)n[nH]1. The smallest absolute Gasteiger partial charge is 0.272 e. The molecule has 0 fully saturated rings. The molecular formula is C11H13Br2N3O2S2. The Labute approximate surface area is 138 Å². The largest absolute Gasteiger partial charge is 0.280 e. The molecule has 2 aromatic rings. The van der Waals surface area contributed by atoms with Gasteiger partial charge in [0, 0.05) is 21.6 Å². The molecule has 9 heteroatoms. The molecule has 0 saturated heterocycles. The van der Waals surface area contributed by atoms with Crippen LogP contribution in [-0.4, -0.2) is 18.6 Å². The van der Waals surface area contributed by atoms with Crippen LogP contribution in [0.25, 0.3) is 0 Å². The van der Waals surface area contributed by atoms with E-state index in [1.54, 1.807) is 12.1 Å². The second kappa shape index (κ2) is 5.43. The van der Waals surface area contributed by atoms with Crippen LogP contribution >= 0.6 is 43.2 Å². The number of nitrogens with zero attached hydrogens (tertiary/aromatic N) is 1. The number of anilines is 1. The van der Waals surface area contributed by atoms with Crippen molar-refractivity contribution in [2.75, 3.05) is 4.72 Å². The minimum absolute atomic E-state index is 0.119. The summed E-state index contributed by atoms with van der Waals surface area (Å²) in [4.78, 5) is 0. The molecule has 0 aliphatic heterocycles. The predicted octanol–water partition coefficient (Wildman–Crippen LogP) is 4.09. The van der Waals surface area contributed by atoms with E-state index in [4.69, 9.17) is 0 Å². The van der Waals surface area contributed by atoms with Crippen LogP contribution in [0.2, 0.25) is 0 Å². The molecule has 2 heterocycles. The molecule has 0 saturated carbocycles. The molecule has 0 atom stereocenters. The summed E-state index contributed by atoms with van der Waals surface area (Å²) in [5, 5.41) is 6.83. The summed E-state index contributed by atoms with van der Waals surface area (Å²) >= 11 is 7.69. The first kappa shape index (κ1) is 16.0. The first-order valence-electron chi connectivity index (χ1n) is 5.63. The average molecular weight is 443 g/mol. The number of nitrogens with one attached hydrogen (secondary N) is 2. The van der Waals surface area contributed by atoms with Gasteiger partial charge in [0.15, 0.2) is 5.82 Å². The number of thiophene rings is 1. The molecule has 2 N–H and O–H groups in total. The van der Waals surface area contributed by atoms with E-state index in [1.165, 1.54) is 0 Å². The van der Waals surface area contributed by atoms with E-state index in [2.05, 4.69) is 46.8 Å². The molecule has 0 radical (unpaired) electrons. The molecule has 0 amide bonds. The maximum Gasteiger partial charge on any atom is 0.272 e.